The van der Waals surface area contributed by atoms with E-state index in [2.05, 4.69) is 36.1 Å². The van der Waals surface area contributed by atoms with Crippen LogP contribution < -0.4 is 5.73 Å². The minimum atomic E-state index is 0.107. The summed E-state index contributed by atoms with van der Waals surface area (Å²) < 4.78 is 0. The summed E-state index contributed by atoms with van der Waals surface area (Å²) in [6.07, 6.45) is 4.58. The molecule has 20 heavy (non-hydrogen) atoms. The van der Waals surface area contributed by atoms with E-state index in [9.17, 15) is 0 Å². The smallest absolute Gasteiger partial charge is 0.0431 e. The molecule has 3 unspecified atom stereocenters. The van der Waals surface area contributed by atoms with E-state index in [1.165, 1.54) is 24.9 Å². The van der Waals surface area contributed by atoms with Crippen molar-refractivity contribution in [2.24, 2.45) is 11.7 Å². The number of benzene rings is 1. The quantitative estimate of drug-likeness (QED) is 0.804. The molecule has 1 aliphatic heterocycles. The molecule has 0 aliphatic carbocycles. The van der Waals surface area contributed by atoms with Crippen molar-refractivity contribution in [3.63, 3.8) is 0 Å². The van der Waals surface area contributed by atoms with Gasteiger partial charge in [-0.3, -0.25) is 0 Å². The molecule has 1 heterocycles. The molecule has 3 N–H and O–H groups in total. The van der Waals surface area contributed by atoms with Crippen molar-refractivity contribution in [3.8, 4) is 0 Å². The Labute approximate surface area is 122 Å². The number of nitrogens with two attached hydrogens (primary N) is 1. The molecule has 1 saturated heterocycles. The molecule has 0 amide bonds. The van der Waals surface area contributed by atoms with Gasteiger partial charge in [0.25, 0.3) is 0 Å². The molecule has 3 heteroatoms. The lowest BCUT2D eigenvalue weighted by atomic mass is 9.94. The fourth-order valence-electron chi connectivity index (χ4n) is 3.28. The van der Waals surface area contributed by atoms with E-state index >= 15 is 0 Å². The van der Waals surface area contributed by atoms with E-state index in [1.807, 2.05) is 6.07 Å². The number of aliphatic hydroxyl groups excluding tert-OH is 1. The molecule has 112 valence electrons. The zero-order valence-corrected chi connectivity index (χ0v) is 12.5. The number of likely N-dealkylation sites (tertiary alicyclic amines) is 1. The summed E-state index contributed by atoms with van der Waals surface area (Å²) in [5, 5.41) is 8.99. The van der Waals surface area contributed by atoms with Gasteiger partial charge in [0, 0.05) is 25.2 Å². The Morgan fingerprint density at radius 1 is 1.35 bits per heavy atom. The van der Waals surface area contributed by atoms with Crippen LogP contribution in [0.4, 0.5) is 0 Å². The van der Waals surface area contributed by atoms with Gasteiger partial charge >= 0.3 is 0 Å². The van der Waals surface area contributed by atoms with Gasteiger partial charge in [0.05, 0.1) is 0 Å². The first-order chi connectivity index (χ1) is 9.72. The monoisotopic (exact) mass is 276 g/mol. The average Bonchev–Trinajstić information content (AvgIpc) is 2.92. The van der Waals surface area contributed by atoms with Gasteiger partial charge in [0.15, 0.2) is 0 Å². The number of hydrogen-bond donors (Lipinski definition) is 2. The van der Waals surface area contributed by atoms with E-state index in [0.29, 0.717) is 18.6 Å². The summed E-state index contributed by atoms with van der Waals surface area (Å²) in [6, 6.07) is 11.1. The maximum atomic E-state index is 8.99. The molecular weight excluding hydrogens is 248 g/mol. The van der Waals surface area contributed by atoms with Crippen LogP contribution in [-0.4, -0.2) is 35.7 Å². The van der Waals surface area contributed by atoms with Crippen LogP contribution in [0.25, 0.3) is 0 Å². The Balaban J connectivity index is 1.88. The van der Waals surface area contributed by atoms with Crippen LogP contribution in [-0.2, 0) is 0 Å². The number of rotatable bonds is 7. The van der Waals surface area contributed by atoms with Crippen molar-refractivity contribution < 1.29 is 5.11 Å². The van der Waals surface area contributed by atoms with Gasteiger partial charge in [0.2, 0.25) is 0 Å². The van der Waals surface area contributed by atoms with Crippen LogP contribution >= 0.6 is 0 Å². The Bertz CT molecular complexity index is 382. The van der Waals surface area contributed by atoms with Crippen LogP contribution in [0.1, 0.15) is 44.2 Å². The fourth-order valence-corrected chi connectivity index (χ4v) is 3.28. The zero-order chi connectivity index (χ0) is 14.4. The van der Waals surface area contributed by atoms with Gasteiger partial charge in [-0.25, -0.2) is 0 Å². The van der Waals surface area contributed by atoms with Gasteiger partial charge < -0.3 is 15.7 Å². The summed E-state index contributed by atoms with van der Waals surface area (Å²) in [6.45, 7) is 4.80. The van der Waals surface area contributed by atoms with Crippen molar-refractivity contribution in [2.45, 2.75) is 44.7 Å². The second-order valence-electron chi connectivity index (χ2n) is 6.07. The second kappa shape index (κ2) is 7.77. The van der Waals surface area contributed by atoms with Gasteiger partial charge in [-0.15, -0.1) is 0 Å². The maximum Gasteiger partial charge on any atom is 0.0431 e. The molecule has 1 aromatic carbocycles. The Morgan fingerprint density at radius 3 is 2.80 bits per heavy atom. The zero-order valence-electron chi connectivity index (χ0n) is 12.5. The largest absolute Gasteiger partial charge is 0.396 e. The first kappa shape index (κ1) is 15.5. The molecule has 0 radical (unpaired) electrons. The Hall–Kier alpha value is -0.900. The Morgan fingerprint density at radius 2 is 2.10 bits per heavy atom. The second-order valence-corrected chi connectivity index (χ2v) is 6.07. The first-order valence-corrected chi connectivity index (χ1v) is 7.88. The number of nitrogens with zero attached hydrogens (tertiary/aromatic N) is 1. The molecule has 2 rings (SSSR count). The molecule has 1 aliphatic rings. The van der Waals surface area contributed by atoms with Crippen LogP contribution in [0.15, 0.2) is 30.3 Å². The summed E-state index contributed by atoms with van der Waals surface area (Å²) >= 11 is 0. The predicted octanol–water partition coefficient (Wildman–Crippen LogP) is 2.56. The predicted molar refractivity (Wildman–Crippen MR) is 83.4 cm³/mol. The fraction of sp³-hybridized carbons (Fsp3) is 0.647. The summed E-state index contributed by atoms with van der Waals surface area (Å²) in [5.41, 5.74) is 7.62. The molecular formula is C17H28N2O. The van der Waals surface area contributed by atoms with E-state index < -0.39 is 0 Å². The lowest BCUT2D eigenvalue weighted by Crippen LogP contribution is -2.36. The molecule has 1 aromatic rings. The lowest BCUT2D eigenvalue weighted by Gasteiger charge is -2.30. The molecule has 0 aromatic heterocycles. The third-order valence-corrected chi connectivity index (χ3v) is 4.51. The summed E-state index contributed by atoms with van der Waals surface area (Å²) in [7, 11) is 0. The third kappa shape index (κ3) is 4.05. The molecule has 0 saturated carbocycles. The van der Waals surface area contributed by atoms with Gasteiger partial charge in [-0.1, -0.05) is 37.3 Å². The first-order valence-electron chi connectivity index (χ1n) is 7.88. The van der Waals surface area contributed by atoms with Crippen LogP contribution in [0.2, 0.25) is 0 Å². The van der Waals surface area contributed by atoms with Crippen molar-refractivity contribution >= 4 is 0 Å². The molecule has 0 spiro atoms. The van der Waals surface area contributed by atoms with Crippen molar-refractivity contribution in [2.75, 3.05) is 19.7 Å². The average molecular weight is 276 g/mol. The maximum absolute atomic E-state index is 8.99. The van der Waals surface area contributed by atoms with E-state index in [-0.39, 0.29) is 6.04 Å². The van der Waals surface area contributed by atoms with Gasteiger partial charge in [0.1, 0.15) is 0 Å². The molecule has 1 fully saturated rings. The van der Waals surface area contributed by atoms with Crippen LogP contribution in [0.5, 0.6) is 0 Å². The minimum absolute atomic E-state index is 0.107. The highest BCUT2D eigenvalue weighted by Crippen LogP contribution is 2.26. The van der Waals surface area contributed by atoms with Crippen molar-refractivity contribution in [1.29, 1.82) is 0 Å². The van der Waals surface area contributed by atoms with Crippen molar-refractivity contribution in [1.82, 2.24) is 4.90 Å². The Kier molecular flexibility index (Phi) is 6.02. The highest BCUT2D eigenvalue weighted by atomic mass is 16.2. The van der Waals surface area contributed by atoms with E-state index in [1.54, 1.807) is 0 Å². The van der Waals surface area contributed by atoms with Crippen LogP contribution in [0.3, 0.4) is 0 Å². The molecule has 3 atom stereocenters. The lowest BCUT2D eigenvalue weighted by molar-refractivity contribution is 0.185. The van der Waals surface area contributed by atoms with Crippen molar-refractivity contribution in [3.05, 3.63) is 35.9 Å². The minimum Gasteiger partial charge on any atom is -0.396 e. The third-order valence-electron chi connectivity index (χ3n) is 4.51. The number of aliphatic hydroxyl groups is 1. The normalized spacial score (nSPS) is 22.9. The van der Waals surface area contributed by atoms with E-state index in [4.69, 9.17) is 10.8 Å². The van der Waals surface area contributed by atoms with E-state index in [0.717, 1.165) is 19.4 Å². The highest BCUT2D eigenvalue weighted by molar-refractivity contribution is 5.19. The summed E-state index contributed by atoms with van der Waals surface area (Å²) in [4.78, 5) is 2.57. The summed E-state index contributed by atoms with van der Waals surface area (Å²) in [5.74, 6) is 0.451. The van der Waals surface area contributed by atoms with Crippen LogP contribution in [0, 0.1) is 5.92 Å². The standard InChI is InChI=1S/C17H28N2O/c1-14(17(18)15-7-3-2-4-8-15)13-19-11-5-9-16(19)10-6-12-20/h2-4,7-8,14,16-17,20H,5-6,9-13,18H2,1H3. The topological polar surface area (TPSA) is 49.5 Å². The molecule has 0 bridgehead atoms. The van der Waals surface area contributed by atoms with Gasteiger partial charge in [-0.05, 0) is 43.7 Å². The van der Waals surface area contributed by atoms with Gasteiger partial charge in [-0.2, -0.15) is 0 Å². The highest BCUT2D eigenvalue weighted by Gasteiger charge is 2.27. The SMILES string of the molecule is CC(CN1CCCC1CCCO)C(N)c1ccccc1. The number of hydrogen-bond acceptors (Lipinski definition) is 3. The molecule has 3 nitrogen and oxygen atoms in total.